The number of carbonyl (C=O) groups excluding carboxylic acids is 3. The second-order valence-electron chi connectivity index (χ2n) is 16.9. The Morgan fingerprint density at radius 3 is 1.75 bits per heavy atom. The lowest BCUT2D eigenvalue weighted by atomic mass is 10.0. The summed E-state index contributed by atoms with van der Waals surface area (Å²) in [5, 5.41) is 14.4. The largest absolute Gasteiger partial charge is 0.465 e. The number of methoxy groups -OCH3 is 1. The second-order valence-corrected chi connectivity index (χ2v) is 16.9. The highest BCUT2D eigenvalue weighted by molar-refractivity contribution is 5.87. The van der Waals surface area contributed by atoms with Crippen molar-refractivity contribution < 1.29 is 38.5 Å². The molecule has 0 radical (unpaired) electrons. The van der Waals surface area contributed by atoms with E-state index in [-0.39, 0.29) is 48.4 Å². The summed E-state index contributed by atoms with van der Waals surface area (Å²) in [5.74, 6) is -0.646. The molecule has 2 aromatic heterocycles. The third-order valence-corrected chi connectivity index (χ3v) is 11.7. The molecule has 4 aromatic rings. The van der Waals surface area contributed by atoms with Crippen LogP contribution in [0.3, 0.4) is 0 Å². The van der Waals surface area contributed by atoms with Gasteiger partial charge in [-0.05, 0) is 56.1 Å². The minimum absolute atomic E-state index is 0.0555. The van der Waals surface area contributed by atoms with Gasteiger partial charge in [-0.25, -0.2) is 19.6 Å². The number of ether oxygens (including phenoxy) is 3. The molecule has 1 spiro atoms. The number of carbonyl (C=O) groups is 4. The molecule has 60 heavy (non-hydrogen) atoms. The summed E-state index contributed by atoms with van der Waals surface area (Å²) in [6, 6.07) is 13.8. The third kappa shape index (κ3) is 8.89. The Balaban J connectivity index is 1.05. The van der Waals surface area contributed by atoms with E-state index in [1.54, 1.807) is 9.80 Å². The van der Waals surface area contributed by atoms with E-state index in [0.29, 0.717) is 24.6 Å². The lowest BCUT2D eigenvalue weighted by Gasteiger charge is -2.40. The van der Waals surface area contributed by atoms with Crippen molar-refractivity contribution in [2.45, 2.75) is 109 Å². The number of nitrogens with zero attached hydrogens (tertiary/aromatic N) is 4. The van der Waals surface area contributed by atoms with Gasteiger partial charge in [-0.3, -0.25) is 9.59 Å². The molecule has 5 heterocycles. The molecule has 2 aromatic carbocycles. The van der Waals surface area contributed by atoms with Crippen LogP contribution in [-0.2, 0) is 23.8 Å². The van der Waals surface area contributed by atoms with Crippen molar-refractivity contribution >= 4 is 24.0 Å². The van der Waals surface area contributed by atoms with Crippen LogP contribution in [0.1, 0.15) is 91.0 Å². The molecule has 0 unspecified atom stereocenters. The van der Waals surface area contributed by atoms with Crippen LogP contribution in [0.4, 0.5) is 9.59 Å². The molecule has 6 atom stereocenters. The SMILES string of the molecule is COC(=O)N[C@H](C(=O)N1CC2(C[C@H]1c1nc(-c3ccc(-c4ccc(-c5c[nH]c([C@@H]6CCCN6C(=O)[C@@H](NC(=O)O)C(C)C)n5)cc4)cc3)c[nH]1)O[C@@H](C)C[C@H](C)O2)C(C)C. The van der Waals surface area contributed by atoms with E-state index in [9.17, 15) is 24.3 Å². The number of H-pyrrole nitrogens is 2. The Bertz CT molecular complexity index is 2160. The zero-order valence-electron chi connectivity index (χ0n) is 35.2. The Kier molecular flexibility index (Phi) is 12.3. The van der Waals surface area contributed by atoms with E-state index >= 15 is 0 Å². The molecule has 16 heteroatoms. The van der Waals surface area contributed by atoms with Crippen LogP contribution in [0.15, 0.2) is 60.9 Å². The van der Waals surface area contributed by atoms with E-state index in [1.807, 2.05) is 102 Å². The van der Waals surface area contributed by atoms with Gasteiger partial charge in [0.1, 0.15) is 23.7 Å². The standard InChI is InChI=1S/C44H56N8O8/c1-24(2)36(49-42(55)56)40(53)51-18-8-9-34(51)38-45-21-32(47-38)30-14-10-28(11-15-30)29-12-16-31(17-13-29)33-22-46-39(48-33)35-20-44(59-26(5)19-27(6)60-44)23-52(35)41(54)37(25(3)4)50-43(57)58-7/h10-17,21-22,24-27,34-37,49H,8-9,18-20,23H2,1-7H3,(H,45,47)(H,46,48)(H,50,57)(H,55,56)/t26-,27-,34-,35-,36-,37-/m0/s1. The Labute approximate surface area is 349 Å². The Morgan fingerprint density at radius 1 is 0.767 bits per heavy atom. The highest BCUT2D eigenvalue weighted by Crippen LogP contribution is 2.45. The van der Waals surface area contributed by atoms with Crippen molar-refractivity contribution in [3.63, 3.8) is 0 Å². The molecule has 5 N–H and O–H groups in total. The number of amides is 4. The molecule has 4 amide bonds. The van der Waals surface area contributed by atoms with Crippen LogP contribution < -0.4 is 10.6 Å². The molecule has 3 aliphatic rings. The van der Waals surface area contributed by atoms with Crippen LogP contribution in [0, 0.1) is 11.8 Å². The average molecular weight is 825 g/mol. The van der Waals surface area contributed by atoms with Gasteiger partial charge in [0.15, 0.2) is 5.79 Å². The zero-order valence-corrected chi connectivity index (χ0v) is 35.2. The van der Waals surface area contributed by atoms with Crippen molar-refractivity contribution in [2.24, 2.45) is 11.8 Å². The summed E-state index contributed by atoms with van der Waals surface area (Å²) in [6.45, 7) is 12.2. The number of carboxylic acid groups (broad SMARTS) is 1. The normalized spacial score (nSPS) is 23.9. The zero-order chi connectivity index (χ0) is 42.9. The first-order valence-electron chi connectivity index (χ1n) is 20.8. The van der Waals surface area contributed by atoms with Gasteiger partial charge in [0.05, 0.1) is 49.3 Å². The summed E-state index contributed by atoms with van der Waals surface area (Å²) in [6.07, 6.45) is 4.33. The van der Waals surface area contributed by atoms with E-state index in [4.69, 9.17) is 24.2 Å². The molecule has 0 bridgehead atoms. The van der Waals surface area contributed by atoms with E-state index in [2.05, 4.69) is 20.6 Å². The molecule has 0 saturated carbocycles. The number of likely N-dealkylation sites (tertiary alicyclic amines) is 2. The molecule has 3 fully saturated rings. The predicted molar refractivity (Wildman–Crippen MR) is 222 cm³/mol. The average Bonchev–Trinajstić information content (AvgIpc) is 4.05. The maximum absolute atomic E-state index is 14.2. The molecule has 16 nitrogen and oxygen atoms in total. The molecule has 3 aliphatic heterocycles. The highest BCUT2D eigenvalue weighted by Gasteiger charge is 2.54. The van der Waals surface area contributed by atoms with Gasteiger partial charge in [0.2, 0.25) is 11.8 Å². The second kappa shape index (κ2) is 17.5. The topological polar surface area (TPSA) is 204 Å². The number of benzene rings is 2. The molecule has 0 aliphatic carbocycles. The number of aromatic nitrogens is 4. The van der Waals surface area contributed by atoms with Crippen LogP contribution in [0.2, 0.25) is 0 Å². The third-order valence-electron chi connectivity index (χ3n) is 11.7. The maximum atomic E-state index is 14.2. The number of rotatable bonds is 11. The van der Waals surface area contributed by atoms with Crippen molar-refractivity contribution in [2.75, 3.05) is 20.2 Å². The van der Waals surface area contributed by atoms with Crippen molar-refractivity contribution in [3.8, 4) is 33.6 Å². The molecule has 7 rings (SSSR count). The van der Waals surface area contributed by atoms with Crippen molar-refractivity contribution in [1.29, 1.82) is 0 Å². The lowest BCUT2D eigenvalue weighted by Crippen LogP contribution is -2.53. The predicted octanol–water partition coefficient (Wildman–Crippen LogP) is 6.65. The van der Waals surface area contributed by atoms with Gasteiger partial charge in [-0.15, -0.1) is 0 Å². The number of aromatic amines is 2. The molecule has 320 valence electrons. The minimum atomic E-state index is -1.22. The van der Waals surface area contributed by atoms with Gasteiger partial charge >= 0.3 is 12.2 Å². The van der Waals surface area contributed by atoms with Gasteiger partial charge in [0, 0.05) is 36.5 Å². The quantitative estimate of drug-likeness (QED) is 0.109. The monoisotopic (exact) mass is 824 g/mol. The molecular formula is C44H56N8O8. The minimum Gasteiger partial charge on any atom is -0.465 e. The summed E-state index contributed by atoms with van der Waals surface area (Å²) >= 11 is 0. The van der Waals surface area contributed by atoms with Crippen LogP contribution in [-0.4, -0.2) is 109 Å². The first kappa shape index (κ1) is 42.4. The van der Waals surface area contributed by atoms with E-state index in [0.717, 1.165) is 52.9 Å². The smallest absolute Gasteiger partial charge is 0.407 e. The van der Waals surface area contributed by atoms with Crippen LogP contribution in [0.5, 0.6) is 0 Å². The Hall–Kier alpha value is -5.74. The number of imidazole rings is 2. The Morgan fingerprint density at radius 2 is 1.25 bits per heavy atom. The number of alkyl carbamates (subject to hydrolysis) is 1. The maximum Gasteiger partial charge on any atom is 0.407 e. The van der Waals surface area contributed by atoms with Crippen molar-refractivity contribution in [1.82, 2.24) is 40.4 Å². The first-order chi connectivity index (χ1) is 28.6. The summed E-state index contributed by atoms with van der Waals surface area (Å²) in [5.41, 5.74) is 5.31. The van der Waals surface area contributed by atoms with Gasteiger partial charge in [-0.2, -0.15) is 0 Å². The molecular weight excluding hydrogens is 769 g/mol. The van der Waals surface area contributed by atoms with Gasteiger partial charge < -0.3 is 49.7 Å². The van der Waals surface area contributed by atoms with Gasteiger partial charge in [-0.1, -0.05) is 76.2 Å². The van der Waals surface area contributed by atoms with Crippen LogP contribution >= 0.6 is 0 Å². The van der Waals surface area contributed by atoms with E-state index in [1.165, 1.54) is 7.11 Å². The van der Waals surface area contributed by atoms with Crippen LogP contribution in [0.25, 0.3) is 33.6 Å². The number of hydrogen-bond donors (Lipinski definition) is 5. The fourth-order valence-corrected chi connectivity index (χ4v) is 8.81. The fraction of sp³-hybridized carbons (Fsp3) is 0.500. The van der Waals surface area contributed by atoms with E-state index < -0.39 is 36.1 Å². The summed E-state index contributed by atoms with van der Waals surface area (Å²) < 4.78 is 17.7. The molecule has 3 saturated heterocycles. The fourth-order valence-electron chi connectivity index (χ4n) is 8.81. The summed E-state index contributed by atoms with van der Waals surface area (Å²) in [7, 11) is 1.27. The first-order valence-corrected chi connectivity index (χ1v) is 20.8. The van der Waals surface area contributed by atoms with Crippen molar-refractivity contribution in [3.05, 3.63) is 72.6 Å². The number of hydrogen-bond acceptors (Lipinski definition) is 9. The van der Waals surface area contributed by atoms with Gasteiger partial charge in [0.25, 0.3) is 0 Å². The summed E-state index contributed by atoms with van der Waals surface area (Å²) in [4.78, 5) is 71.1. The lowest BCUT2D eigenvalue weighted by molar-refractivity contribution is -0.303. The number of nitrogens with one attached hydrogen (secondary N) is 4. The highest BCUT2D eigenvalue weighted by atomic mass is 16.7.